The molecule has 9 heavy (non-hydrogen) atoms. The third kappa shape index (κ3) is 7.91. The molecule has 0 spiro atoms. The first kappa shape index (κ1) is 8.91. The average Bonchev–Trinajstić information content (AvgIpc) is 1.63. The van der Waals surface area contributed by atoms with Crippen LogP contribution in [0.4, 0.5) is 8.78 Å². The van der Waals surface area contributed by atoms with Gasteiger partial charge in [-0.25, -0.2) is 0 Å². The van der Waals surface area contributed by atoms with Crippen LogP contribution >= 0.6 is 22.6 Å². The molecule has 0 N–H and O–H groups in total. The standard InChI is InChI=1S/C4H3F2IO2/c1-8-9-3-2-4(5,6)7/h1H3. The minimum absolute atomic E-state index is 0.874. The average molecular weight is 248 g/mol. The smallest absolute Gasteiger partial charge is 0.283 e. The Balaban J connectivity index is 3.59. The molecular formula is C4H3F2IO2. The lowest BCUT2D eigenvalue weighted by Gasteiger charge is -1.93. The monoisotopic (exact) mass is 248 g/mol. The summed E-state index contributed by atoms with van der Waals surface area (Å²) in [7, 11) is 1.18. The van der Waals surface area contributed by atoms with Crippen LogP contribution in [0, 0.1) is 12.0 Å². The number of halogens is 3. The first-order valence-electron chi connectivity index (χ1n) is 1.85. The lowest BCUT2D eigenvalue weighted by molar-refractivity contribution is -0.209. The van der Waals surface area contributed by atoms with Gasteiger partial charge in [0.15, 0.2) is 6.11 Å². The van der Waals surface area contributed by atoms with Crippen LogP contribution in [0.1, 0.15) is 0 Å². The van der Waals surface area contributed by atoms with E-state index in [2.05, 4.69) is 9.78 Å². The summed E-state index contributed by atoms with van der Waals surface area (Å²) >= 11 is 0.874. The molecule has 0 saturated heterocycles. The third-order valence-electron chi connectivity index (χ3n) is 0.318. The molecule has 0 aromatic heterocycles. The summed E-state index contributed by atoms with van der Waals surface area (Å²) in [6.45, 7) is 0. The van der Waals surface area contributed by atoms with Crippen molar-refractivity contribution in [2.75, 3.05) is 7.11 Å². The van der Waals surface area contributed by atoms with Gasteiger partial charge in [-0.15, -0.1) is 0 Å². The Kier molecular flexibility index (Phi) is 3.81. The molecule has 0 aliphatic rings. The van der Waals surface area contributed by atoms with E-state index in [-0.39, 0.29) is 0 Å². The van der Waals surface area contributed by atoms with Gasteiger partial charge < -0.3 is 0 Å². The second-order valence-electron chi connectivity index (χ2n) is 0.975. The zero-order valence-corrected chi connectivity index (χ0v) is 6.61. The Morgan fingerprint density at radius 1 is 1.56 bits per heavy atom. The van der Waals surface area contributed by atoms with E-state index in [1.165, 1.54) is 13.0 Å². The van der Waals surface area contributed by atoms with Crippen molar-refractivity contribution >= 4 is 22.6 Å². The highest BCUT2D eigenvalue weighted by atomic mass is 127. The maximum atomic E-state index is 11.7. The van der Waals surface area contributed by atoms with Crippen molar-refractivity contribution in [2.24, 2.45) is 0 Å². The normalized spacial score (nSPS) is 9.78. The molecule has 0 rings (SSSR count). The van der Waals surface area contributed by atoms with Crippen molar-refractivity contribution < 1.29 is 18.6 Å². The molecule has 0 heterocycles. The second-order valence-corrected chi connectivity index (χ2v) is 2.33. The number of alkyl halides is 3. The fourth-order valence-electron chi connectivity index (χ4n) is 0.120. The first-order valence-corrected chi connectivity index (χ1v) is 2.92. The van der Waals surface area contributed by atoms with Crippen molar-refractivity contribution in [3.8, 4) is 12.0 Å². The van der Waals surface area contributed by atoms with Crippen LogP contribution in [0.25, 0.3) is 0 Å². The molecule has 0 aliphatic carbocycles. The van der Waals surface area contributed by atoms with Gasteiger partial charge in [-0.2, -0.15) is 13.7 Å². The highest BCUT2D eigenvalue weighted by Crippen LogP contribution is 2.20. The van der Waals surface area contributed by atoms with E-state index in [0.717, 1.165) is 22.6 Å². The summed E-state index contributed by atoms with van der Waals surface area (Å²) in [5, 5.41) is 0. The Morgan fingerprint density at radius 3 is 2.44 bits per heavy atom. The Labute approximate surface area is 64.6 Å². The molecule has 52 valence electrons. The Morgan fingerprint density at radius 2 is 2.11 bits per heavy atom. The molecule has 0 saturated carbocycles. The molecule has 0 amide bonds. The molecule has 2 nitrogen and oxygen atoms in total. The summed E-state index contributed by atoms with van der Waals surface area (Å²) in [5.74, 6) is 1.48. The largest absolute Gasteiger partial charge is 0.361 e. The van der Waals surface area contributed by atoms with Gasteiger partial charge >= 0.3 is 3.93 Å². The zero-order valence-electron chi connectivity index (χ0n) is 4.45. The van der Waals surface area contributed by atoms with Crippen LogP contribution in [-0.4, -0.2) is 11.0 Å². The minimum Gasteiger partial charge on any atom is -0.283 e. The predicted octanol–water partition coefficient (Wildman–Crippen LogP) is 1.55. The SMILES string of the molecule is COOC#CC(F)(F)I. The molecule has 0 fully saturated rings. The fraction of sp³-hybridized carbons (Fsp3) is 0.500. The van der Waals surface area contributed by atoms with E-state index >= 15 is 0 Å². The summed E-state index contributed by atoms with van der Waals surface area (Å²) in [6.07, 6.45) is 1.65. The van der Waals surface area contributed by atoms with E-state index in [0.29, 0.717) is 0 Å². The van der Waals surface area contributed by atoms with Crippen LogP contribution < -0.4 is 0 Å². The van der Waals surface area contributed by atoms with E-state index in [1.807, 2.05) is 0 Å². The molecular weight excluding hydrogens is 245 g/mol. The van der Waals surface area contributed by atoms with Crippen LogP contribution in [0.3, 0.4) is 0 Å². The fourth-order valence-corrected chi connectivity index (χ4v) is 0.230. The molecule has 0 atom stereocenters. The summed E-state index contributed by atoms with van der Waals surface area (Å²) in [5.41, 5.74) is 0. The van der Waals surface area contributed by atoms with Gasteiger partial charge in [0.2, 0.25) is 0 Å². The van der Waals surface area contributed by atoms with E-state index in [9.17, 15) is 8.78 Å². The van der Waals surface area contributed by atoms with Gasteiger partial charge in [0.05, 0.1) is 7.11 Å². The summed E-state index contributed by atoms with van der Waals surface area (Å²) < 4.78 is 20.4. The quantitative estimate of drug-likeness (QED) is 0.230. The molecule has 0 aromatic carbocycles. The van der Waals surface area contributed by atoms with Gasteiger partial charge in [0, 0.05) is 28.5 Å². The van der Waals surface area contributed by atoms with Crippen LogP contribution in [0.2, 0.25) is 0 Å². The molecule has 0 aliphatic heterocycles. The maximum Gasteiger partial charge on any atom is 0.361 e. The summed E-state index contributed by atoms with van der Waals surface area (Å²) in [4.78, 5) is 7.79. The van der Waals surface area contributed by atoms with E-state index in [1.54, 1.807) is 6.11 Å². The molecule has 0 unspecified atom stereocenters. The Bertz CT molecular complexity index is 132. The number of hydrogen-bond acceptors (Lipinski definition) is 2. The topological polar surface area (TPSA) is 18.5 Å². The predicted molar refractivity (Wildman–Crippen MR) is 34.8 cm³/mol. The highest BCUT2D eigenvalue weighted by molar-refractivity contribution is 14.1. The van der Waals surface area contributed by atoms with Gasteiger partial charge in [-0.05, 0) is 0 Å². The van der Waals surface area contributed by atoms with E-state index in [4.69, 9.17) is 0 Å². The second kappa shape index (κ2) is 3.85. The Hall–Kier alpha value is -0.0900. The highest BCUT2D eigenvalue weighted by Gasteiger charge is 2.19. The van der Waals surface area contributed by atoms with E-state index < -0.39 is 3.93 Å². The van der Waals surface area contributed by atoms with Gasteiger partial charge in [0.25, 0.3) is 0 Å². The van der Waals surface area contributed by atoms with Gasteiger partial charge in [-0.1, -0.05) is 0 Å². The lowest BCUT2D eigenvalue weighted by atomic mass is 10.7. The number of hydrogen-bond donors (Lipinski definition) is 0. The minimum atomic E-state index is -3.05. The van der Waals surface area contributed by atoms with Crippen LogP contribution in [0.5, 0.6) is 0 Å². The van der Waals surface area contributed by atoms with Crippen molar-refractivity contribution in [2.45, 2.75) is 3.93 Å². The molecule has 5 heteroatoms. The zero-order chi connectivity index (χ0) is 7.33. The molecule has 0 bridgehead atoms. The van der Waals surface area contributed by atoms with Crippen molar-refractivity contribution in [3.63, 3.8) is 0 Å². The third-order valence-corrected chi connectivity index (χ3v) is 0.587. The lowest BCUT2D eigenvalue weighted by Crippen LogP contribution is -1.98. The van der Waals surface area contributed by atoms with Gasteiger partial charge in [-0.3, -0.25) is 4.89 Å². The van der Waals surface area contributed by atoms with Crippen molar-refractivity contribution in [1.29, 1.82) is 0 Å². The maximum absolute atomic E-state index is 11.7. The van der Waals surface area contributed by atoms with Crippen LogP contribution in [0.15, 0.2) is 0 Å². The molecule has 0 aromatic rings. The summed E-state index contributed by atoms with van der Waals surface area (Å²) in [6, 6.07) is 0. The van der Waals surface area contributed by atoms with Crippen LogP contribution in [-0.2, 0) is 9.78 Å². The van der Waals surface area contributed by atoms with Gasteiger partial charge in [0.1, 0.15) is 0 Å². The number of rotatable bonds is 1. The van der Waals surface area contributed by atoms with Crippen molar-refractivity contribution in [3.05, 3.63) is 0 Å². The van der Waals surface area contributed by atoms with Crippen molar-refractivity contribution in [1.82, 2.24) is 0 Å². The molecule has 0 radical (unpaired) electrons. The first-order chi connectivity index (χ1) is 4.06.